The maximum Gasteiger partial charge on any atom is 0.343 e. The Morgan fingerprint density at radius 3 is 2.52 bits per heavy atom. The first-order valence-electron chi connectivity index (χ1n) is 8.19. The van der Waals surface area contributed by atoms with Crippen molar-refractivity contribution in [3.8, 4) is 17.2 Å². The van der Waals surface area contributed by atoms with Crippen molar-refractivity contribution in [2.45, 2.75) is 6.92 Å². The van der Waals surface area contributed by atoms with Gasteiger partial charge in [-0.05, 0) is 37.3 Å². The number of ether oxygens (including phenoxy) is 3. The number of esters is 1. The molecule has 0 bridgehead atoms. The highest BCUT2D eigenvalue weighted by molar-refractivity contribution is 5.92. The predicted molar refractivity (Wildman–Crippen MR) is 101 cm³/mol. The molecule has 0 saturated carbocycles. The number of carbonyl (C=O) groups is 1. The number of aromatic nitrogens is 2. The summed E-state index contributed by atoms with van der Waals surface area (Å²) in [6, 6.07) is 13.7. The van der Waals surface area contributed by atoms with Crippen LogP contribution in [0.2, 0.25) is 0 Å². The van der Waals surface area contributed by atoms with E-state index in [1.165, 1.54) is 20.5 Å². The van der Waals surface area contributed by atoms with Crippen LogP contribution in [0.4, 0.5) is 11.5 Å². The minimum Gasteiger partial charge on any atom is -0.493 e. The van der Waals surface area contributed by atoms with Gasteiger partial charge in [0.15, 0.2) is 11.5 Å². The molecule has 138 valence electrons. The van der Waals surface area contributed by atoms with Gasteiger partial charge in [-0.15, -0.1) is 0 Å². The fourth-order valence-corrected chi connectivity index (χ4v) is 2.44. The van der Waals surface area contributed by atoms with Gasteiger partial charge in [0.05, 0.1) is 19.8 Å². The molecule has 1 aromatic heterocycles. The second kappa shape index (κ2) is 8.18. The van der Waals surface area contributed by atoms with Crippen molar-refractivity contribution in [2.24, 2.45) is 0 Å². The largest absolute Gasteiger partial charge is 0.493 e. The molecule has 2 aromatic carbocycles. The van der Waals surface area contributed by atoms with Gasteiger partial charge < -0.3 is 19.5 Å². The predicted octanol–water partition coefficient (Wildman–Crippen LogP) is 3.77. The number of carbonyl (C=O) groups excluding carboxylic acids is 1. The molecule has 7 heteroatoms. The number of methoxy groups -OCH3 is 2. The van der Waals surface area contributed by atoms with Gasteiger partial charge >= 0.3 is 5.97 Å². The summed E-state index contributed by atoms with van der Waals surface area (Å²) in [5.41, 5.74) is 1.95. The van der Waals surface area contributed by atoms with Crippen LogP contribution in [0.1, 0.15) is 16.1 Å². The number of hydrogen-bond donors (Lipinski definition) is 1. The number of rotatable bonds is 6. The second-order valence-corrected chi connectivity index (χ2v) is 5.66. The average molecular weight is 365 g/mol. The smallest absolute Gasteiger partial charge is 0.343 e. The highest BCUT2D eigenvalue weighted by Gasteiger charge is 2.13. The topological polar surface area (TPSA) is 82.6 Å². The normalized spacial score (nSPS) is 10.2. The summed E-state index contributed by atoms with van der Waals surface area (Å²) in [5.74, 6) is 1.57. The minimum atomic E-state index is -0.494. The molecule has 0 amide bonds. The molecule has 3 rings (SSSR count). The summed E-state index contributed by atoms with van der Waals surface area (Å²) in [6.45, 7) is 1.88. The van der Waals surface area contributed by atoms with Crippen molar-refractivity contribution in [3.05, 3.63) is 66.1 Å². The minimum absolute atomic E-state index is 0.359. The van der Waals surface area contributed by atoms with Crippen molar-refractivity contribution < 1.29 is 19.0 Å². The van der Waals surface area contributed by atoms with E-state index in [9.17, 15) is 4.79 Å². The Kier molecular flexibility index (Phi) is 5.51. The Labute approximate surface area is 156 Å². The molecule has 1 N–H and O–H groups in total. The molecule has 3 aromatic rings. The Morgan fingerprint density at radius 2 is 1.78 bits per heavy atom. The van der Waals surface area contributed by atoms with Crippen molar-refractivity contribution in [3.63, 3.8) is 0 Å². The molecular weight excluding hydrogens is 346 g/mol. The Hall–Kier alpha value is -3.61. The zero-order valence-corrected chi connectivity index (χ0v) is 15.2. The molecule has 0 fully saturated rings. The highest BCUT2D eigenvalue weighted by Crippen LogP contribution is 2.28. The van der Waals surface area contributed by atoms with E-state index >= 15 is 0 Å². The molecule has 0 aliphatic rings. The molecule has 7 nitrogen and oxygen atoms in total. The first-order valence-corrected chi connectivity index (χ1v) is 8.19. The molecule has 0 aliphatic carbocycles. The van der Waals surface area contributed by atoms with Crippen LogP contribution in [0.5, 0.6) is 17.2 Å². The molecule has 0 radical (unpaired) electrons. The molecule has 1 heterocycles. The van der Waals surface area contributed by atoms with Crippen LogP contribution in [0.15, 0.2) is 54.9 Å². The molecule has 0 atom stereocenters. The van der Waals surface area contributed by atoms with Gasteiger partial charge in [-0.1, -0.05) is 6.07 Å². The maximum atomic E-state index is 12.4. The highest BCUT2D eigenvalue weighted by atomic mass is 16.5. The van der Waals surface area contributed by atoms with Crippen LogP contribution in [-0.4, -0.2) is 30.2 Å². The summed E-state index contributed by atoms with van der Waals surface area (Å²) in [7, 11) is 3.05. The van der Waals surface area contributed by atoms with Gasteiger partial charge in [0.2, 0.25) is 0 Å². The number of anilines is 2. The third kappa shape index (κ3) is 4.52. The first-order chi connectivity index (χ1) is 13.1. The van der Waals surface area contributed by atoms with Crippen molar-refractivity contribution in [1.29, 1.82) is 0 Å². The van der Waals surface area contributed by atoms with E-state index in [0.29, 0.717) is 28.6 Å². The lowest BCUT2D eigenvalue weighted by molar-refractivity contribution is 0.0734. The molecule has 0 saturated heterocycles. The summed E-state index contributed by atoms with van der Waals surface area (Å²) in [5, 5.41) is 3.15. The number of hydrogen-bond acceptors (Lipinski definition) is 7. The molecular formula is C20H19N3O4. The third-order valence-electron chi connectivity index (χ3n) is 3.74. The van der Waals surface area contributed by atoms with Gasteiger partial charge in [-0.2, -0.15) is 0 Å². The standard InChI is InChI=1S/C20H19N3O4/c1-13-9-19(22-12-21-13)23-15-5-4-6-16(11-15)27-20(24)14-7-8-17(25-2)18(10-14)26-3/h4-12H,1-3H3,(H,21,22,23). The molecule has 0 unspecified atom stereocenters. The van der Waals surface area contributed by atoms with Crippen molar-refractivity contribution >= 4 is 17.5 Å². The van der Waals surface area contributed by atoms with Crippen LogP contribution in [0, 0.1) is 6.92 Å². The zero-order valence-electron chi connectivity index (χ0n) is 15.2. The molecule has 0 aliphatic heterocycles. The van der Waals surface area contributed by atoms with E-state index in [4.69, 9.17) is 14.2 Å². The quantitative estimate of drug-likeness (QED) is 0.526. The van der Waals surface area contributed by atoms with Gasteiger partial charge in [-0.3, -0.25) is 0 Å². The summed E-state index contributed by atoms with van der Waals surface area (Å²) < 4.78 is 15.9. The monoisotopic (exact) mass is 365 g/mol. The van der Waals surface area contributed by atoms with Crippen LogP contribution in [-0.2, 0) is 0 Å². The van der Waals surface area contributed by atoms with Crippen LogP contribution < -0.4 is 19.5 Å². The average Bonchev–Trinajstić information content (AvgIpc) is 2.67. The Bertz CT molecular complexity index is 959. The van der Waals surface area contributed by atoms with E-state index in [1.807, 2.05) is 19.1 Å². The number of nitrogens with zero attached hydrogens (tertiary/aromatic N) is 2. The fraction of sp³-hybridized carbons (Fsp3) is 0.150. The van der Waals surface area contributed by atoms with Gasteiger partial charge in [0.25, 0.3) is 0 Å². The van der Waals surface area contributed by atoms with E-state index in [-0.39, 0.29) is 0 Å². The van der Waals surface area contributed by atoms with Crippen LogP contribution in [0.3, 0.4) is 0 Å². The lowest BCUT2D eigenvalue weighted by Gasteiger charge is -2.10. The Morgan fingerprint density at radius 1 is 0.963 bits per heavy atom. The van der Waals surface area contributed by atoms with E-state index < -0.39 is 5.97 Å². The number of nitrogens with one attached hydrogen (secondary N) is 1. The van der Waals surface area contributed by atoms with Crippen molar-refractivity contribution in [2.75, 3.05) is 19.5 Å². The van der Waals surface area contributed by atoms with Crippen molar-refractivity contribution in [1.82, 2.24) is 9.97 Å². The van der Waals surface area contributed by atoms with Crippen LogP contribution in [0.25, 0.3) is 0 Å². The zero-order chi connectivity index (χ0) is 19.2. The van der Waals surface area contributed by atoms with Crippen LogP contribution >= 0.6 is 0 Å². The fourth-order valence-electron chi connectivity index (χ4n) is 2.44. The summed E-state index contributed by atoms with van der Waals surface area (Å²) in [6.07, 6.45) is 1.48. The maximum absolute atomic E-state index is 12.4. The molecule has 0 spiro atoms. The lowest BCUT2D eigenvalue weighted by atomic mass is 10.2. The van der Waals surface area contributed by atoms with E-state index in [0.717, 1.165) is 11.4 Å². The third-order valence-corrected chi connectivity index (χ3v) is 3.74. The second-order valence-electron chi connectivity index (χ2n) is 5.66. The SMILES string of the molecule is COc1ccc(C(=O)Oc2cccc(Nc3cc(C)ncn3)c2)cc1OC. The lowest BCUT2D eigenvalue weighted by Crippen LogP contribution is -2.09. The number of aryl methyl sites for hydroxylation is 1. The van der Waals surface area contributed by atoms with E-state index in [2.05, 4.69) is 15.3 Å². The van der Waals surface area contributed by atoms with Gasteiger partial charge in [0, 0.05) is 23.5 Å². The summed E-state index contributed by atoms with van der Waals surface area (Å²) in [4.78, 5) is 20.6. The first kappa shape index (κ1) is 18.2. The number of benzene rings is 2. The summed E-state index contributed by atoms with van der Waals surface area (Å²) >= 11 is 0. The van der Waals surface area contributed by atoms with E-state index in [1.54, 1.807) is 36.4 Å². The van der Waals surface area contributed by atoms with Gasteiger partial charge in [-0.25, -0.2) is 14.8 Å². The molecule has 27 heavy (non-hydrogen) atoms. The Balaban J connectivity index is 1.75. The van der Waals surface area contributed by atoms with Gasteiger partial charge in [0.1, 0.15) is 17.9 Å².